The summed E-state index contributed by atoms with van der Waals surface area (Å²) in [5, 5.41) is 7.13. The maximum Gasteiger partial charge on any atom is 0.0928 e. The van der Waals surface area contributed by atoms with E-state index in [4.69, 9.17) is 0 Å². The number of aromatic nitrogens is 1. The Morgan fingerprint density at radius 1 is 1.35 bits per heavy atom. The van der Waals surface area contributed by atoms with E-state index in [0.717, 1.165) is 13.0 Å². The second-order valence-electron chi connectivity index (χ2n) is 5.56. The fourth-order valence-corrected chi connectivity index (χ4v) is 3.91. The highest BCUT2D eigenvalue weighted by atomic mass is 32.1. The lowest BCUT2D eigenvalue weighted by Crippen LogP contribution is -2.34. The molecular formula is C17H22N2S. The van der Waals surface area contributed by atoms with E-state index >= 15 is 0 Å². The molecule has 2 aromatic rings. The second-order valence-corrected chi connectivity index (χ2v) is 6.54. The van der Waals surface area contributed by atoms with Gasteiger partial charge in [0.2, 0.25) is 0 Å². The first-order chi connectivity index (χ1) is 9.88. The van der Waals surface area contributed by atoms with Gasteiger partial charge in [-0.3, -0.25) is 0 Å². The van der Waals surface area contributed by atoms with Crippen molar-refractivity contribution in [2.45, 2.75) is 38.6 Å². The molecule has 20 heavy (non-hydrogen) atoms. The SMILES string of the molecule is CCCNC1c2ccccc2CCC1Cc1nccs1. The van der Waals surface area contributed by atoms with Gasteiger partial charge in [-0.05, 0) is 42.9 Å². The van der Waals surface area contributed by atoms with Crippen LogP contribution in [0.5, 0.6) is 0 Å². The molecule has 0 spiro atoms. The summed E-state index contributed by atoms with van der Waals surface area (Å²) in [7, 11) is 0. The smallest absolute Gasteiger partial charge is 0.0928 e. The van der Waals surface area contributed by atoms with Crippen molar-refractivity contribution in [3.05, 3.63) is 52.0 Å². The van der Waals surface area contributed by atoms with Gasteiger partial charge in [-0.1, -0.05) is 31.2 Å². The highest BCUT2D eigenvalue weighted by Crippen LogP contribution is 2.36. The zero-order chi connectivity index (χ0) is 13.8. The third-order valence-corrected chi connectivity index (χ3v) is 4.98. The highest BCUT2D eigenvalue weighted by Gasteiger charge is 2.29. The van der Waals surface area contributed by atoms with E-state index in [-0.39, 0.29) is 0 Å². The molecule has 0 amide bonds. The zero-order valence-corrected chi connectivity index (χ0v) is 12.8. The number of fused-ring (bicyclic) bond motifs is 1. The molecular weight excluding hydrogens is 264 g/mol. The zero-order valence-electron chi connectivity index (χ0n) is 12.0. The van der Waals surface area contributed by atoms with Gasteiger partial charge < -0.3 is 5.32 Å². The van der Waals surface area contributed by atoms with E-state index < -0.39 is 0 Å². The molecule has 2 atom stereocenters. The number of hydrogen-bond acceptors (Lipinski definition) is 3. The molecule has 1 aliphatic rings. The topological polar surface area (TPSA) is 24.9 Å². The quantitative estimate of drug-likeness (QED) is 0.899. The molecule has 2 nitrogen and oxygen atoms in total. The Balaban J connectivity index is 1.82. The van der Waals surface area contributed by atoms with Gasteiger partial charge in [0.05, 0.1) is 5.01 Å². The average molecular weight is 286 g/mol. The van der Waals surface area contributed by atoms with Gasteiger partial charge in [0.1, 0.15) is 0 Å². The second kappa shape index (κ2) is 6.51. The first kappa shape index (κ1) is 13.8. The third kappa shape index (κ3) is 2.94. The van der Waals surface area contributed by atoms with Crippen molar-refractivity contribution in [1.29, 1.82) is 0 Å². The molecule has 106 valence electrons. The van der Waals surface area contributed by atoms with Crippen LogP contribution in [-0.2, 0) is 12.8 Å². The minimum absolute atomic E-state index is 0.490. The van der Waals surface area contributed by atoms with Crippen LogP contribution in [0.15, 0.2) is 35.8 Å². The lowest BCUT2D eigenvalue weighted by atomic mass is 9.78. The van der Waals surface area contributed by atoms with Crippen molar-refractivity contribution >= 4 is 11.3 Å². The normalized spacial score (nSPS) is 21.6. The van der Waals surface area contributed by atoms with Crippen LogP contribution in [0.4, 0.5) is 0 Å². The standard InChI is InChI=1S/C17H22N2S/c1-2-9-19-17-14(12-16-18-10-11-20-16)8-7-13-5-3-4-6-15(13)17/h3-6,10-11,14,17,19H,2,7-9,12H2,1H3. The Bertz CT molecular complexity index is 536. The molecule has 3 rings (SSSR count). The summed E-state index contributed by atoms with van der Waals surface area (Å²) in [4.78, 5) is 4.47. The molecule has 3 heteroatoms. The van der Waals surface area contributed by atoms with Crippen molar-refractivity contribution in [1.82, 2.24) is 10.3 Å². The summed E-state index contributed by atoms with van der Waals surface area (Å²) >= 11 is 1.78. The third-order valence-electron chi connectivity index (χ3n) is 4.18. The minimum Gasteiger partial charge on any atom is -0.310 e. The fraction of sp³-hybridized carbons (Fsp3) is 0.471. The van der Waals surface area contributed by atoms with Gasteiger partial charge in [-0.25, -0.2) is 4.98 Å². The molecule has 1 N–H and O–H groups in total. The van der Waals surface area contributed by atoms with Crippen LogP contribution in [0.3, 0.4) is 0 Å². The predicted molar refractivity (Wildman–Crippen MR) is 85.1 cm³/mol. The lowest BCUT2D eigenvalue weighted by Gasteiger charge is -2.34. The van der Waals surface area contributed by atoms with E-state index in [0.29, 0.717) is 12.0 Å². The van der Waals surface area contributed by atoms with Crippen LogP contribution in [0, 0.1) is 5.92 Å². The summed E-state index contributed by atoms with van der Waals surface area (Å²) in [5.74, 6) is 0.669. The number of thiazole rings is 1. The summed E-state index contributed by atoms with van der Waals surface area (Å²) in [6, 6.07) is 9.41. The molecule has 0 saturated heterocycles. The van der Waals surface area contributed by atoms with Crippen LogP contribution in [0.2, 0.25) is 0 Å². The van der Waals surface area contributed by atoms with Gasteiger partial charge in [0.15, 0.2) is 0 Å². The number of hydrogen-bond donors (Lipinski definition) is 1. The molecule has 0 saturated carbocycles. The van der Waals surface area contributed by atoms with Gasteiger partial charge in [-0.2, -0.15) is 0 Å². The van der Waals surface area contributed by atoms with Crippen LogP contribution >= 0.6 is 11.3 Å². The van der Waals surface area contributed by atoms with Crippen molar-refractivity contribution < 1.29 is 0 Å². The first-order valence-electron chi connectivity index (χ1n) is 7.58. The lowest BCUT2D eigenvalue weighted by molar-refractivity contribution is 0.318. The minimum atomic E-state index is 0.490. The summed E-state index contributed by atoms with van der Waals surface area (Å²) in [6.07, 6.45) is 6.68. The summed E-state index contributed by atoms with van der Waals surface area (Å²) in [5.41, 5.74) is 3.03. The fourth-order valence-electron chi connectivity index (χ4n) is 3.20. The number of rotatable bonds is 5. The highest BCUT2D eigenvalue weighted by molar-refractivity contribution is 7.09. The van der Waals surface area contributed by atoms with Crippen LogP contribution < -0.4 is 5.32 Å². The Morgan fingerprint density at radius 2 is 2.25 bits per heavy atom. The average Bonchev–Trinajstić information content (AvgIpc) is 2.99. The molecule has 1 aromatic heterocycles. The van der Waals surface area contributed by atoms with Crippen molar-refractivity contribution in [2.75, 3.05) is 6.54 Å². The Morgan fingerprint density at radius 3 is 3.05 bits per heavy atom. The van der Waals surface area contributed by atoms with Gasteiger partial charge >= 0.3 is 0 Å². The molecule has 0 bridgehead atoms. The molecule has 2 unspecified atom stereocenters. The van der Waals surface area contributed by atoms with E-state index in [9.17, 15) is 0 Å². The van der Waals surface area contributed by atoms with E-state index in [1.165, 1.54) is 35.4 Å². The van der Waals surface area contributed by atoms with Crippen LogP contribution in [0.25, 0.3) is 0 Å². The largest absolute Gasteiger partial charge is 0.310 e. The maximum absolute atomic E-state index is 4.47. The maximum atomic E-state index is 4.47. The van der Waals surface area contributed by atoms with Gasteiger partial charge in [0.25, 0.3) is 0 Å². The molecule has 1 heterocycles. The van der Waals surface area contributed by atoms with Crippen LogP contribution in [0.1, 0.15) is 41.9 Å². The summed E-state index contributed by atoms with van der Waals surface area (Å²) in [6.45, 7) is 3.32. The number of aryl methyl sites for hydroxylation is 1. The molecule has 0 aliphatic heterocycles. The van der Waals surface area contributed by atoms with Gasteiger partial charge in [0, 0.05) is 24.0 Å². The van der Waals surface area contributed by atoms with E-state index in [1.807, 2.05) is 6.20 Å². The van der Waals surface area contributed by atoms with Crippen LogP contribution in [-0.4, -0.2) is 11.5 Å². The van der Waals surface area contributed by atoms with Crippen molar-refractivity contribution in [3.8, 4) is 0 Å². The molecule has 1 aromatic carbocycles. The van der Waals surface area contributed by atoms with Gasteiger partial charge in [-0.15, -0.1) is 11.3 Å². The number of nitrogens with zero attached hydrogens (tertiary/aromatic N) is 1. The monoisotopic (exact) mass is 286 g/mol. The summed E-state index contributed by atoms with van der Waals surface area (Å²) < 4.78 is 0. The van der Waals surface area contributed by atoms with Crippen molar-refractivity contribution in [2.24, 2.45) is 5.92 Å². The Hall–Kier alpha value is -1.19. The number of nitrogens with one attached hydrogen (secondary N) is 1. The van der Waals surface area contributed by atoms with E-state index in [2.05, 4.69) is 46.9 Å². The molecule has 0 fully saturated rings. The Labute approximate surface area is 125 Å². The number of benzene rings is 1. The van der Waals surface area contributed by atoms with E-state index in [1.54, 1.807) is 11.3 Å². The predicted octanol–water partition coefficient (Wildman–Crippen LogP) is 3.99. The molecule has 1 aliphatic carbocycles. The van der Waals surface area contributed by atoms with Crippen molar-refractivity contribution in [3.63, 3.8) is 0 Å². The first-order valence-corrected chi connectivity index (χ1v) is 8.46. The Kier molecular flexibility index (Phi) is 4.48. The molecule has 0 radical (unpaired) electrons.